The van der Waals surface area contributed by atoms with Crippen LogP contribution in [0.2, 0.25) is 0 Å². The zero-order valence-electron chi connectivity index (χ0n) is 11.5. The zero-order chi connectivity index (χ0) is 13.8. The molecule has 3 unspecified atom stereocenters. The normalized spacial score (nSPS) is 26.2. The zero-order valence-corrected chi connectivity index (χ0v) is 12.3. The van der Waals surface area contributed by atoms with E-state index in [-0.39, 0.29) is 0 Å². The van der Waals surface area contributed by atoms with E-state index < -0.39 is 0 Å². The summed E-state index contributed by atoms with van der Waals surface area (Å²) in [7, 11) is 0. The van der Waals surface area contributed by atoms with Crippen LogP contribution in [0.1, 0.15) is 35.2 Å². The lowest BCUT2D eigenvalue weighted by molar-refractivity contribution is 0.655. The van der Waals surface area contributed by atoms with E-state index in [1.807, 2.05) is 6.07 Å². The van der Waals surface area contributed by atoms with Gasteiger partial charge in [-0.1, -0.05) is 30.3 Å². The van der Waals surface area contributed by atoms with Crippen LogP contribution in [0.25, 0.3) is 10.7 Å². The predicted octanol–water partition coefficient (Wildman–Crippen LogP) is 3.98. The molecule has 0 bridgehead atoms. The van der Waals surface area contributed by atoms with Gasteiger partial charge in [0.15, 0.2) is 5.82 Å². The molecule has 2 aromatic heterocycles. The van der Waals surface area contributed by atoms with Crippen LogP contribution in [-0.4, -0.2) is 15.2 Å². The summed E-state index contributed by atoms with van der Waals surface area (Å²) in [6, 6.07) is 13.0. The van der Waals surface area contributed by atoms with Crippen molar-refractivity contribution in [2.75, 3.05) is 0 Å². The van der Waals surface area contributed by atoms with Gasteiger partial charge in [-0.15, -0.1) is 11.3 Å². The number of benzene rings is 1. The number of hydrogen-bond donors (Lipinski definition) is 1. The molecule has 0 saturated heterocycles. The van der Waals surface area contributed by atoms with Crippen LogP contribution in [0.5, 0.6) is 0 Å². The Balaban J connectivity index is 1.49. The Morgan fingerprint density at radius 1 is 1.10 bits per heavy atom. The summed E-state index contributed by atoms with van der Waals surface area (Å²) in [4.78, 5) is 5.90. The Morgan fingerprint density at radius 3 is 2.95 bits per heavy atom. The first-order chi connectivity index (χ1) is 10.4. The standard InChI is InChI=1S/C17H15N3S/c1-2-5-11-10(4-1)7-8-12-14(11)15(12)17-18-16(19-20-17)13-6-3-9-21-13/h1-6,9,12,14-15H,7-8H2,(H,18,19,20). The van der Waals surface area contributed by atoms with Crippen LogP contribution in [0.15, 0.2) is 41.8 Å². The van der Waals surface area contributed by atoms with E-state index in [9.17, 15) is 0 Å². The molecule has 2 aliphatic carbocycles. The fourth-order valence-electron chi connectivity index (χ4n) is 3.88. The maximum absolute atomic E-state index is 4.76. The molecule has 21 heavy (non-hydrogen) atoms. The van der Waals surface area contributed by atoms with Gasteiger partial charge in [0.05, 0.1) is 4.88 Å². The Labute approximate surface area is 127 Å². The summed E-state index contributed by atoms with van der Waals surface area (Å²) in [6.45, 7) is 0. The van der Waals surface area contributed by atoms with E-state index in [0.29, 0.717) is 11.8 Å². The summed E-state index contributed by atoms with van der Waals surface area (Å²) >= 11 is 1.69. The molecular weight excluding hydrogens is 278 g/mol. The van der Waals surface area contributed by atoms with Crippen molar-refractivity contribution in [2.24, 2.45) is 5.92 Å². The smallest absolute Gasteiger partial charge is 0.191 e. The molecule has 1 aromatic carbocycles. The average Bonchev–Trinajstić information content (AvgIpc) is 2.92. The first kappa shape index (κ1) is 11.7. The van der Waals surface area contributed by atoms with Gasteiger partial charge in [-0.05, 0) is 47.3 Å². The van der Waals surface area contributed by atoms with Crippen molar-refractivity contribution in [2.45, 2.75) is 24.7 Å². The van der Waals surface area contributed by atoms with E-state index in [1.54, 1.807) is 11.3 Å². The quantitative estimate of drug-likeness (QED) is 0.776. The van der Waals surface area contributed by atoms with Gasteiger partial charge in [0, 0.05) is 5.92 Å². The Kier molecular flexibility index (Phi) is 2.38. The number of aryl methyl sites for hydroxylation is 1. The number of nitrogens with zero attached hydrogens (tertiary/aromatic N) is 2. The lowest BCUT2D eigenvalue weighted by atomic mass is 9.92. The van der Waals surface area contributed by atoms with Gasteiger partial charge in [0.1, 0.15) is 5.82 Å². The fraction of sp³-hybridized carbons (Fsp3) is 0.294. The minimum absolute atomic E-state index is 0.537. The van der Waals surface area contributed by atoms with Crippen LogP contribution in [-0.2, 0) is 6.42 Å². The molecule has 5 rings (SSSR count). The summed E-state index contributed by atoms with van der Waals surface area (Å²) < 4.78 is 0. The summed E-state index contributed by atoms with van der Waals surface area (Å²) in [5.41, 5.74) is 3.06. The van der Waals surface area contributed by atoms with Crippen LogP contribution in [0.3, 0.4) is 0 Å². The molecule has 2 aliphatic rings. The molecule has 0 aliphatic heterocycles. The Hall–Kier alpha value is -1.94. The number of nitrogens with one attached hydrogen (secondary N) is 1. The Morgan fingerprint density at radius 2 is 2.05 bits per heavy atom. The summed E-state index contributed by atoms with van der Waals surface area (Å²) in [5, 5.41) is 9.66. The number of thiophene rings is 1. The van der Waals surface area contributed by atoms with Crippen molar-refractivity contribution in [3.8, 4) is 10.7 Å². The van der Waals surface area contributed by atoms with Crippen LogP contribution in [0.4, 0.5) is 0 Å². The lowest BCUT2D eigenvalue weighted by Gasteiger charge is -2.13. The predicted molar refractivity (Wildman–Crippen MR) is 83.4 cm³/mol. The number of rotatable bonds is 2. The van der Waals surface area contributed by atoms with Gasteiger partial charge in [-0.2, -0.15) is 5.10 Å². The molecule has 1 saturated carbocycles. The van der Waals surface area contributed by atoms with Gasteiger partial charge in [-0.3, -0.25) is 5.10 Å². The highest BCUT2D eigenvalue weighted by molar-refractivity contribution is 7.13. The topological polar surface area (TPSA) is 41.6 Å². The number of H-pyrrole nitrogens is 1. The van der Waals surface area contributed by atoms with Crippen molar-refractivity contribution in [3.05, 3.63) is 58.7 Å². The maximum Gasteiger partial charge on any atom is 0.191 e. The molecule has 1 N–H and O–H groups in total. The molecule has 3 nitrogen and oxygen atoms in total. The first-order valence-corrected chi connectivity index (χ1v) is 8.34. The molecule has 4 heteroatoms. The fourth-order valence-corrected chi connectivity index (χ4v) is 4.54. The van der Waals surface area contributed by atoms with E-state index >= 15 is 0 Å². The molecule has 3 atom stereocenters. The highest BCUT2D eigenvalue weighted by atomic mass is 32.1. The van der Waals surface area contributed by atoms with Gasteiger partial charge in [0.25, 0.3) is 0 Å². The van der Waals surface area contributed by atoms with E-state index in [0.717, 1.165) is 22.4 Å². The van der Waals surface area contributed by atoms with Crippen molar-refractivity contribution in [3.63, 3.8) is 0 Å². The molecular formula is C17H15N3S. The molecule has 3 aromatic rings. The van der Waals surface area contributed by atoms with Crippen molar-refractivity contribution in [1.29, 1.82) is 0 Å². The molecule has 0 radical (unpaired) electrons. The number of aromatic amines is 1. The Bertz CT molecular complexity index is 790. The second-order valence-corrected chi connectivity index (χ2v) is 6.92. The lowest BCUT2D eigenvalue weighted by Crippen LogP contribution is -2.00. The van der Waals surface area contributed by atoms with Gasteiger partial charge < -0.3 is 0 Å². The van der Waals surface area contributed by atoms with E-state index in [4.69, 9.17) is 4.98 Å². The monoisotopic (exact) mass is 293 g/mol. The van der Waals surface area contributed by atoms with Gasteiger partial charge >= 0.3 is 0 Å². The van der Waals surface area contributed by atoms with E-state index in [1.165, 1.54) is 24.0 Å². The minimum Gasteiger partial charge on any atom is -0.262 e. The number of hydrogen-bond acceptors (Lipinski definition) is 3. The van der Waals surface area contributed by atoms with Crippen molar-refractivity contribution >= 4 is 11.3 Å². The molecule has 0 amide bonds. The average molecular weight is 293 g/mol. The maximum atomic E-state index is 4.76. The van der Waals surface area contributed by atoms with Crippen LogP contribution < -0.4 is 0 Å². The third-order valence-corrected chi connectivity index (χ3v) is 5.76. The number of aromatic nitrogens is 3. The van der Waals surface area contributed by atoms with Gasteiger partial charge in [0.2, 0.25) is 0 Å². The minimum atomic E-state index is 0.537. The van der Waals surface area contributed by atoms with E-state index in [2.05, 4.69) is 45.9 Å². The van der Waals surface area contributed by atoms with Gasteiger partial charge in [-0.25, -0.2) is 4.98 Å². The first-order valence-electron chi connectivity index (χ1n) is 7.46. The van der Waals surface area contributed by atoms with Crippen molar-refractivity contribution in [1.82, 2.24) is 15.2 Å². The number of fused-ring (bicyclic) bond motifs is 3. The largest absolute Gasteiger partial charge is 0.262 e. The molecule has 104 valence electrons. The molecule has 0 spiro atoms. The third-order valence-electron chi connectivity index (χ3n) is 4.89. The highest BCUT2D eigenvalue weighted by Crippen LogP contribution is 2.64. The van der Waals surface area contributed by atoms with Crippen molar-refractivity contribution < 1.29 is 0 Å². The summed E-state index contributed by atoms with van der Waals surface area (Å²) in [6.07, 6.45) is 2.49. The SMILES string of the molecule is c1csc(-c2n[nH]c(C3C4CCc5ccccc5C43)n2)c1. The second kappa shape index (κ2) is 4.28. The highest BCUT2D eigenvalue weighted by Gasteiger charge is 2.55. The third kappa shape index (κ3) is 1.72. The second-order valence-electron chi connectivity index (χ2n) is 5.97. The van der Waals surface area contributed by atoms with Crippen LogP contribution >= 0.6 is 11.3 Å². The van der Waals surface area contributed by atoms with Crippen LogP contribution in [0, 0.1) is 5.92 Å². The molecule has 2 heterocycles. The summed E-state index contributed by atoms with van der Waals surface area (Å²) in [5.74, 6) is 3.86. The molecule has 1 fully saturated rings.